The summed E-state index contributed by atoms with van der Waals surface area (Å²) in [6, 6.07) is 8.25. The van der Waals surface area contributed by atoms with Gasteiger partial charge in [-0.3, -0.25) is 0 Å². The molecular formula is C12H19ClNNa. The second-order valence-electron chi connectivity index (χ2n) is 3.87. The van der Waals surface area contributed by atoms with Gasteiger partial charge in [0.2, 0.25) is 0 Å². The monoisotopic (exact) mass is 235 g/mol. The summed E-state index contributed by atoms with van der Waals surface area (Å²) < 4.78 is 0. The molecule has 0 spiro atoms. The van der Waals surface area contributed by atoms with E-state index < -0.39 is 0 Å². The van der Waals surface area contributed by atoms with Crippen LogP contribution in [0.4, 0.5) is 0 Å². The zero-order valence-corrected chi connectivity index (χ0v) is 12.6. The first-order valence-electron chi connectivity index (χ1n) is 4.54. The summed E-state index contributed by atoms with van der Waals surface area (Å²) in [6.07, 6.45) is 2.79. The molecule has 0 fully saturated rings. The Balaban J connectivity index is -0.000000563. The Morgan fingerprint density at radius 1 is 1.40 bits per heavy atom. The van der Waals surface area contributed by atoms with Gasteiger partial charge < -0.3 is 7.16 Å². The van der Waals surface area contributed by atoms with Crippen LogP contribution in [-0.2, 0) is 12.0 Å². The van der Waals surface area contributed by atoms with Crippen molar-refractivity contribution in [2.45, 2.75) is 25.8 Å². The van der Waals surface area contributed by atoms with E-state index in [9.17, 15) is 0 Å². The SMILES string of the molecule is C=CCc1ccccc1C(C)(C)N.Cl.[H-].[Na+]. The van der Waals surface area contributed by atoms with Crippen LogP contribution in [0.3, 0.4) is 0 Å². The molecule has 1 aromatic rings. The van der Waals surface area contributed by atoms with Crippen molar-refractivity contribution in [1.82, 2.24) is 0 Å². The minimum Gasteiger partial charge on any atom is -1.00 e. The molecule has 0 saturated heterocycles. The van der Waals surface area contributed by atoms with Crippen molar-refractivity contribution < 1.29 is 31.0 Å². The molecule has 2 N–H and O–H groups in total. The summed E-state index contributed by atoms with van der Waals surface area (Å²) in [5, 5.41) is 0. The molecule has 0 bridgehead atoms. The van der Waals surface area contributed by atoms with E-state index in [4.69, 9.17) is 5.73 Å². The molecular weight excluding hydrogens is 217 g/mol. The van der Waals surface area contributed by atoms with Crippen molar-refractivity contribution >= 4 is 12.4 Å². The Bertz CT molecular complexity index is 310. The van der Waals surface area contributed by atoms with Crippen LogP contribution in [0.15, 0.2) is 36.9 Å². The topological polar surface area (TPSA) is 26.0 Å². The molecule has 0 saturated carbocycles. The van der Waals surface area contributed by atoms with E-state index in [1.54, 1.807) is 0 Å². The second kappa shape index (κ2) is 7.48. The summed E-state index contributed by atoms with van der Waals surface area (Å²) in [4.78, 5) is 0. The summed E-state index contributed by atoms with van der Waals surface area (Å²) in [5.41, 5.74) is 8.26. The Hall–Kier alpha value is 0.210. The number of nitrogens with two attached hydrogens (primary N) is 1. The molecule has 0 aliphatic rings. The average Bonchev–Trinajstić information content (AvgIpc) is 2.04. The van der Waals surface area contributed by atoms with Gasteiger partial charge in [0.25, 0.3) is 0 Å². The largest absolute Gasteiger partial charge is 1.00 e. The van der Waals surface area contributed by atoms with Crippen LogP contribution >= 0.6 is 12.4 Å². The minimum absolute atomic E-state index is 0. The first-order chi connectivity index (χ1) is 6.05. The van der Waals surface area contributed by atoms with Gasteiger partial charge in [0.15, 0.2) is 0 Å². The Kier molecular flexibility index (Phi) is 8.77. The standard InChI is InChI=1S/C12H17N.ClH.Na.H/c1-4-7-10-8-5-6-9-11(10)12(2,3)13;;;/h4-6,8-9H,1,7,13H2,2-3H3;1H;;/q;;+1;-1. The molecule has 80 valence electrons. The molecule has 3 heteroatoms. The average molecular weight is 236 g/mol. The zero-order chi connectivity index (χ0) is 9.90. The van der Waals surface area contributed by atoms with Gasteiger partial charge in [-0.15, -0.1) is 19.0 Å². The summed E-state index contributed by atoms with van der Waals surface area (Å²) >= 11 is 0. The third-order valence-electron chi connectivity index (χ3n) is 2.08. The van der Waals surface area contributed by atoms with Crippen LogP contribution in [0, 0.1) is 0 Å². The third-order valence-corrected chi connectivity index (χ3v) is 2.08. The number of hydrogen-bond donors (Lipinski definition) is 1. The van der Waals surface area contributed by atoms with Crippen LogP contribution < -0.4 is 35.3 Å². The number of rotatable bonds is 3. The molecule has 1 rings (SSSR count). The maximum atomic E-state index is 6.05. The Morgan fingerprint density at radius 2 is 1.93 bits per heavy atom. The van der Waals surface area contributed by atoms with Crippen molar-refractivity contribution in [2.24, 2.45) is 5.73 Å². The number of hydrogen-bond acceptors (Lipinski definition) is 1. The quantitative estimate of drug-likeness (QED) is 0.586. The fraction of sp³-hybridized carbons (Fsp3) is 0.333. The van der Waals surface area contributed by atoms with Crippen molar-refractivity contribution in [1.29, 1.82) is 0 Å². The number of allylic oxidation sites excluding steroid dienone is 1. The molecule has 0 heterocycles. The van der Waals surface area contributed by atoms with E-state index in [1.807, 2.05) is 32.1 Å². The maximum absolute atomic E-state index is 6.05. The first kappa shape index (κ1) is 17.6. The van der Waals surface area contributed by atoms with Crippen LogP contribution in [0.2, 0.25) is 0 Å². The molecule has 1 nitrogen and oxygen atoms in total. The van der Waals surface area contributed by atoms with Gasteiger partial charge in [-0.05, 0) is 31.4 Å². The van der Waals surface area contributed by atoms with Crippen molar-refractivity contribution in [3.63, 3.8) is 0 Å². The van der Waals surface area contributed by atoms with E-state index in [2.05, 4.69) is 18.7 Å². The van der Waals surface area contributed by atoms with Gasteiger partial charge in [0.05, 0.1) is 0 Å². The zero-order valence-electron chi connectivity index (χ0n) is 10.8. The van der Waals surface area contributed by atoms with Gasteiger partial charge in [0, 0.05) is 5.54 Å². The fourth-order valence-electron chi connectivity index (χ4n) is 1.48. The van der Waals surface area contributed by atoms with Crippen LogP contribution in [-0.4, -0.2) is 0 Å². The molecule has 0 aromatic heterocycles. The van der Waals surface area contributed by atoms with Crippen LogP contribution in [0.25, 0.3) is 0 Å². The van der Waals surface area contributed by atoms with Gasteiger partial charge >= 0.3 is 29.6 Å². The van der Waals surface area contributed by atoms with E-state index in [0.29, 0.717) is 0 Å². The summed E-state index contributed by atoms with van der Waals surface area (Å²) in [7, 11) is 0. The minimum atomic E-state index is -0.264. The normalized spacial score (nSPS) is 9.80. The van der Waals surface area contributed by atoms with Gasteiger partial charge in [-0.25, -0.2) is 0 Å². The Labute approximate surface area is 122 Å². The molecule has 15 heavy (non-hydrogen) atoms. The predicted octanol–water partition coefficient (Wildman–Crippen LogP) is 0.147. The van der Waals surface area contributed by atoms with Crippen molar-refractivity contribution in [3.05, 3.63) is 48.0 Å². The predicted molar refractivity (Wildman–Crippen MR) is 65.9 cm³/mol. The van der Waals surface area contributed by atoms with Gasteiger partial charge in [-0.1, -0.05) is 30.3 Å². The van der Waals surface area contributed by atoms with Gasteiger partial charge in [-0.2, -0.15) is 0 Å². The molecule has 0 aliphatic carbocycles. The number of benzene rings is 1. The van der Waals surface area contributed by atoms with Crippen molar-refractivity contribution in [3.8, 4) is 0 Å². The fourth-order valence-corrected chi connectivity index (χ4v) is 1.48. The summed E-state index contributed by atoms with van der Waals surface area (Å²) in [6.45, 7) is 7.78. The maximum Gasteiger partial charge on any atom is 1.00 e. The Morgan fingerprint density at radius 3 is 2.40 bits per heavy atom. The molecule has 0 aliphatic heterocycles. The summed E-state index contributed by atoms with van der Waals surface area (Å²) in [5.74, 6) is 0. The van der Waals surface area contributed by atoms with E-state index in [1.165, 1.54) is 11.1 Å². The second-order valence-corrected chi connectivity index (χ2v) is 3.87. The number of halogens is 1. The van der Waals surface area contributed by atoms with E-state index in [0.717, 1.165) is 6.42 Å². The van der Waals surface area contributed by atoms with Gasteiger partial charge in [0.1, 0.15) is 0 Å². The first-order valence-corrected chi connectivity index (χ1v) is 4.54. The van der Waals surface area contributed by atoms with Crippen LogP contribution in [0.5, 0.6) is 0 Å². The smallest absolute Gasteiger partial charge is 1.00 e. The molecule has 0 amide bonds. The molecule has 0 unspecified atom stereocenters. The molecule has 0 radical (unpaired) electrons. The molecule has 1 aromatic carbocycles. The third kappa shape index (κ3) is 5.19. The van der Waals surface area contributed by atoms with E-state index >= 15 is 0 Å². The van der Waals surface area contributed by atoms with E-state index in [-0.39, 0.29) is 48.9 Å². The molecule has 0 atom stereocenters. The van der Waals surface area contributed by atoms with Crippen LogP contribution in [0.1, 0.15) is 26.4 Å². The van der Waals surface area contributed by atoms with Crippen molar-refractivity contribution in [2.75, 3.05) is 0 Å².